The van der Waals surface area contributed by atoms with Crippen LogP contribution in [0.15, 0.2) is 18.2 Å². The molecular weight excluding hydrogens is 278 g/mol. The van der Waals surface area contributed by atoms with Crippen LogP contribution in [0, 0.1) is 0 Å². The summed E-state index contributed by atoms with van der Waals surface area (Å²) in [4.78, 5) is 2.59. The first-order valence-electron chi connectivity index (χ1n) is 9.05. The minimum absolute atomic E-state index is 0. The van der Waals surface area contributed by atoms with Crippen molar-refractivity contribution >= 4 is 0 Å². The van der Waals surface area contributed by atoms with E-state index in [0.717, 1.165) is 6.54 Å². The molecule has 0 spiro atoms. The summed E-state index contributed by atoms with van der Waals surface area (Å²) in [7, 11) is 0. The quantitative estimate of drug-likeness (QED) is 0.506. The molecule has 0 saturated heterocycles. The highest BCUT2D eigenvalue weighted by atomic mass is 15.2. The van der Waals surface area contributed by atoms with Crippen molar-refractivity contribution in [1.82, 2.24) is 4.90 Å². The normalized spacial score (nSPS) is 14.3. The molecule has 23 heavy (non-hydrogen) atoms. The Kier molecular flexibility index (Phi) is 10.8. The van der Waals surface area contributed by atoms with E-state index in [4.69, 9.17) is 0 Å². The van der Waals surface area contributed by atoms with Gasteiger partial charge >= 0.3 is 0 Å². The maximum absolute atomic E-state index is 2.59. The Labute approximate surface area is 147 Å². The molecule has 0 atom stereocenters. The molecule has 0 aromatic heterocycles. The number of rotatable bonds is 0. The largest absolute Gasteiger partial charge is 0.294 e. The molecule has 1 aromatic rings. The van der Waals surface area contributed by atoms with Crippen molar-refractivity contribution in [2.24, 2.45) is 0 Å². The van der Waals surface area contributed by atoms with E-state index in [9.17, 15) is 0 Å². The molecule has 2 rings (SSSR count). The highest BCUT2D eigenvalue weighted by Crippen LogP contribution is 2.29. The van der Waals surface area contributed by atoms with Gasteiger partial charge in [0.05, 0.1) is 0 Å². The predicted octanol–water partition coefficient (Wildman–Crippen LogP) is 6.83. The SMILES string of the molecule is C.CC.CC.CC(C)(C)c1ccc2c(c1)CN(C(C)(C)C)CC2. The third-order valence-electron chi connectivity index (χ3n) is 4.03. The first kappa shape index (κ1) is 24.4. The van der Waals surface area contributed by atoms with Crippen LogP contribution >= 0.6 is 0 Å². The molecule has 1 aliphatic rings. The molecule has 1 heteroatoms. The van der Waals surface area contributed by atoms with Gasteiger partial charge in [-0.3, -0.25) is 4.90 Å². The van der Waals surface area contributed by atoms with E-state index >= 15 is 0 Å². The number of hydrogen-bond acceptors (Lipinski definition) is 1. The molecule has 1 aromatic carbocycles. The maximum Gasteiger partial charge on any atom is 0.0241 e. The lowest BCUT2D eigenvalue weighted by molar-refractivity contribution is 0.120. The molecule has 0 radical (unpaired) electrons. The fourth-order valence-electron chi connectivity index (χ4n) is 2.60. The number of hydrogen-bond donors (Lipinski definition) is 0. The summed E-state index contributed by atoms with van der Waals surface area (Å²) in [6.07, 6.45) is 1.19. The van der Waals surface area contributed by atoms with Gasteiger partial charge in [0.1, 0.15) is 0 Å². The average Bonchev–Trinajstić information content (AvgIpc) is 2.48. The lowest BCUT2D eigenvalue weighted by Gasteiger charge is -2.39. The van der Waals surface area contributed by atoms with E-state index in [-0.39, 0.29) is 18.4 Å². The Balaban J connectivity index is 0. The Bertz CT molecular complexity index is 432. The van der Waals surface area contributed by atoms with Gasteiger partial charge in [0, 0.05) is 18.6 Å². The second-order valence-corrected chi connectivity index (χ2v) is 7.58. The lowest BCUT2D eigenvalue weighted by Crippen LogP contribution is -2.44. The fraction of sp³-hybridized carbons (Fsp3) is 0.727. The fourth-order valence-corrected chi connectivity index (χ4v) is 2.60. The minimum atomic E-state index is 0. The highest BCUT2D eigenvalue weighted by Gasteiger charge is 2.26. The monoisotopic (exact) mass is 321 g/mol. The van der Waals surface area contributed by atoms with Crippen molar-refractivity contribution in [3.63, 3.8) is 0 Å². The molecule has 1 heterocycles. The van der Waals surface area contributed by atoms with E-state index in [1.54, 1.807) is 5.56 Å². The number of nitrogens with zero attached hydrogens (tertiary/aromatic N) is 1. The van der Waals surface area contributed by atoms with Crippen LogP contribution in [0.4, 0.5) is 0 Å². The zero-order valence-electron chi connectivity index (χ0n) is 16.8. The van der Waals surface area contributed by atoms with Gasteiger partial charge in [-0.2, -0.15) is 0 Å². The second kappa shape index (κ2) is 10.1. The van der Waals surface area contributed by atoms with Crippen LogP contribution in [-0.2, 0) is 18.4 Å². The molecule has 1 aliphatic heterocycles. The van der Waals surface area contributed by atoms with Gasteiger partial charge in [-0.1, -0.05) is 74.1 Å². The van der Waals surface area contributed by atoms with Crippen molar-refractivity contribution in [3.05, 3.63) is 34.9 Å². The highest BCUT2D eigenvalue weighted by molar-refractivity contribution is 5.36. The molecule has 0 fully saturated rings. The van der Waals surface area contributed by atoms with Gasteiger partial charge < -0.3 is 0 Å². The Morgan fingerprint density at radius 1 is 0.826 bits per heavy atom. The topological polar surface area (TPSA) is 3.24 Å². The number of fused-ring (bicyclic) bond motifs is 1. The van der Waals surface area contributed by atoms with Gasteiger partial charge in [-0.25, -0.2) is 0 Å². The third kappa shape index (κ3) is 7.08. The average molecular weight is 322 g/mol. The molecular formula is C22H43N. The maximum atomic E-state index is 2.59. The first-order chi connectivity index (χ1) is 10.2. The minimum Gasteiger partial charge on any atom is -0.294 e. The lowest BCUT2D eigenvalue weighted by atomic mass is 9.83. The smallest absolute Gasteiger partial charge is 0.0241 e. The second-order valence-electron chi connectivity index (χ2n) is 7.58. The Hall–Kier alpha value is -0.820. The standard InChI is InChI=1S/C17H27N.2C2H6.CH4/c1-16(2,3)15-8-7-13-9-10-18(17(4,5)6)12-14(13)11-15;2*1-2;/h7-8,11H,9-10,12H2,1-6H3;2*1-2H3;1H4. The van der Waals surface area contributed by atoms with Crippen LogP contribution in [0.2, 0.25) is 0 Å². The number of benzene rings is 1. The van der Waals surface area contributed by atoms with Gasteiger partial charge in [0.2, 0.25) is 0 Å². The van der Waals surface area contributed by atoms with E-state index in [1.165, 1.54) is 24.1 Å². The Morgan fingerprint density at radius 2 is 1.35 bits per heavy atom. The summed E-state index contributed by atoms with van der Waals surface area (Å²) in [5.74, 6) is 0. The van der Waals surface area contributed by atoms with Crippen LogP contribution in [0.3, 0.4) is 0 Å². The van der Waals surface area contributed by atoms with Gasteiger partial charge in [0.25, 0.3) is 0 Å². The predicted molar refractivity (Wildman–Crippen MR) is 108 cm³/mol. The van der Waals surface area contributed by atoms with E-state index in [2.05, 4.69) is 64.6 Å². The molecule has 0 unspecified atom stereocenters. The van der Waals surface area contributed by atoms with Gasteiger partial charge in [0.15, 0.2) is 0 Å². The molecule has 1 nitrogen and oxygen atoms in total. The van der Waals surface area contributed by atoms with Crippen molar-refractivity contribution in [2.75, 3.05) is 6.54 Å². The Morgan fingerprint density at radius 3 is 1.78 bits per heavy atom. The van der Waals surface area contributed by atoms with Gasteiger partial charge in [-0.15, -0.1) is 0 Å². The van der Waals surface area contributed by atoms with E-state index < -0.39 is 0 Å². The molecule has 0 amide bonds. The zero-order chi connectivity index (χ0) is 17.6. The van der Waals surface area contributed by atoms with Crippen LogP contribution in [0.1, 0.15) is 93.4 Å². The van der Waals surface area contributed by atoms with Crippen LogP contribution in [0.25, 0.3) is 0 Å². The molecule has 0 saturated carbocycles. The van der Waals surface area contributed by atoms with Crippen LogP contribution < -0.4 is 0 Å². The van der Waals surface area contributed by atoms with E-state index in [1.807, 2.05) is 27.7 Å². The zero-order valence-corrected chi connectivity index (χ0v) is 16.8. The first-order valence-corrected chi connectivity index (χ1v) is 9.05. The van der Waals surface area contributed by atoms with Gasteiger partial charge in [-0.05, 0) is 49.3 Å². The summed E-state index contributed by atoms with van der Waals surface area (Å²) in [5.41, 5.74) is 5.05. The third-order valence-corrected chi connectivity index (χ3v) is 4.03. The summed E-state index contributed by atoms with van der Waals surface area (Å²) in [6, 6.07) is 7.08. The molecule has 136 valence electrons. The van der Waals surface area contributed by atoms with E-state index in [0.29, 0.717) is 0 Å². The summed E-state index contributed by atoms with van der Waals surface area (Å²) < 4.78 is 0. The molecule has 0 N–H and O–H groups in total. The molecule has 0 aliphatic carbocycles. The van der Waals surface area contributed by atoms with Crippen LogP contribution in [-0.4, -0.2) is 17.0 Å². The van der Waals surface area contributed by atoms with Crippen molar-refractivity contribution in [3.8, 4) is 0 Å². The van der Waals surface area contributed by atoms with Crippen molar-refractivity contribution in [2.45, 2.75) is 101 Å². The summed E-state index contributed by atoms with van der Waals surface area (Å²) in [5, 5.41) is 0. The van der Waals surface area contributed by atoms with Crippen molar-refractivity contribution in [1.29, 1.82) is 0 Å². The molecule has 0 bridgehead atoms. The van der Waals surface area contributed by atoms with Crippen molar-refractivity contribution < 1.29 is 0 Å². The summed E-state index contributed by atoms with van der Waals surface area (Å²) >= 11 is 0. The summed E-state index contributed by atoms with van der Waals surface area (Å²) in [6.45, 7) is 24.1. The van der Waals surface area contributed by atoms with Crippen LogP contribution in [0.5, 0.6) is 0 Å².